The molecule has 0 aliphatic rings. The number of nitrogens with zero attached hydrogens (tertiary/aromatic N) is 1. The Morgan fingerprint density at radius 2 is 1.77 bits per heavy atom. The van der Waals surface area contributed by atoms with Gasteiger partial charge in [0.1, 0.15) is 0 Å². The standard InChI is InChI=1S/C20H26N4O2/c21-11-4-2-1-3-8-19(25)23-15-16-6-5-7-18(14-16)24-20(26)17-9-12-22-13-10-17/h5-7,9-10,12-14H,1-4,8,11,15,21H2,(H,23,25)(H,24,26). The number of rotatable bonds is 10. The van der Waals surface area contributed by atoms with E-state index in [1.807, 2.05) is 24.3 Å². The highest BCUT2D eigenvalue weighted by atomic mass is 16.2. The Morgan fingerprint density at radius 3 is 2.54 bits per heavy atom. The van der Waals surface area contributed by atoms with Crippen LogP contribution in [0.2, 0.25) is 0 Å². The van der Waals surface area contributed by atoms with Gasteiger partial charge in [-0.3, -0.25) is 14.6 Å². The van der Waals surface area contributed by atoms with E-state index in [1.54, 1.807) is 24.5 Å². The van der Waals surface area contributed by atoms with Gasteiger partial charge in [0.15, 0.2) is 0 Å². The van der Waals surface area contributed by atoms with Gasteiger partial charge >= 0.3 is 0 Å². The second-order valence-corrected chi connectivity index (χ2v) is 6.12. The number of pyridine rings is 1. The molecular formula is C20H26N4O2. The van der Waals surface area contributed by atoms with E-state index in [0.29, 0.717) is 30.8 Å². The van der Waals surface area contributed by atoms with Gasteiger partial charge in [-0.2, -0.15) is 0 Å². The summed E-state index contributed by atoms with van der Waals surface area (Å²) in [6.07, 6.45) is 7.69. The molecule has 138 valence electrons. The van der Waals surface area contributed by atoms with E-state index in [9.17, 15) is 9.59 Å². The molecule has 0 unspecified atom stereocenters. The van der Waals surface area contributed by atoms with Crippen molar-refractivity contribution in [1.29, 1.82) is 0 Å². The Bertz CT molecular complexity index is 704. The number of hydrogen-bond donors (Lipinski definition) is 3. The molecule has 2 rings (SSSR count). The van der Waals surface area contributed by atoms with Gasteiger partial charge in [-0.25, -0.2) is 0 Å². The highest BCUT2D eigenvalue weighted by molar-refractivity contribution is 6.04. The van der Waals surface area contributed by atoms with E-state index in [1.165, 1.54) is 0 Å². The normalized spacial score (nSPS) is 10.3. The molecule has 4 N–H and O–H groups in total. The van der Waals surface area contributed by atoms with Crippen molar-refractivity contribution in [2.45, 2.75) is 38.6 Å². The van der Waals surface area contributed by atoms with Gasteiger partial charge in [0, 0.05) is 36.6 Å². The summed E-state index contributed by atoms with van der Waals surface area (Å²) < 4.78 is 0. The van der Waals surface area contributed by atoms with Crippen LogP contribution in [0.3, 0.4) is 0 Å². The van der Waals surface area contributed by atoms with Crippen LogP contribution in [0.1, 0.15) is 48.0 Å². The fourth-order valence-corrected chi connectivity index (χ4v) is 2.54. The lowest BCUT2D eigenvalue weighted by molar-refractivity contribution is -0.121. The van der Waals surface area contributed by atoms with Crippen LogP contribution in [0.25, 0.3) is 0 Å². The fourth-order valence-electron chi connectivity index (χ4n) is 2.54. The molecule has 0 aliphatic carbocycles. The van der Waals surface area contributed by atoms with Gasteiger partial charge < -0.3 is 16.4 Å². The molecule has 0 atom stereocenters. The van der Waals surface area contributed by atoms with E-state index < -0.39 is 0 Å². The fraction of sp³-hybridized carbons (Fsp3) is 0.350. The number of carbonyl (C=O) groups is 2. The van der Waals surface area contributed by atoms with Gasteiger partial charge in [-0.1, -0.05) is 25.0 Å². The lowest BCUT2D eigenvalue weighted by Gasteiger charge is -2.09. The SMILES string of the molecule is NCCCCCCC(=O)NCc1cccc(NC(=O)c2ccncc2)c1. The minimum absolute atomic E-state index is 0.0453. The Hall–Kier alpha value is -2.73. The number of amides is 2. The highest BCUT2D eigenvalue weighted by Crippen LogP contribution is 2.12. The average Bonchev–Trinajstić information content (AvgIpc) is 2.67. The molecule has 2 amide bonds. The maximum Gasteiger partial charge on any atom is 0.255 e. The topological polar surface area (TPSA) is 97.1 Å². The lowest BCUT2D eigenvalue weighted by Crippen LogP contribution is -2.22. The molecule has 0 fully saturated rings. The molecule has 26 heavy (non-hydrogen) atoms. The molecule has 1 aromatic heterocycles. The third-order valence-electron chi connectivity index (χ3n) is 3.98. The van der Waals surface area contributed by atoms with Crippen molar-refractivity contribution in [2.75, 3.05) is 11.9 Å². The van der Waals surface area contributed by atoms with E-state index in [-0.39, 0.29) is 11.8 Å². The number of nitrogens with two attached hydrogens (primary N) is 1. The van der Waals surface area contributed by atoms with Crippen LogP contribution >= 0.6 is 0 Å². The van der Waals surface area contributed by atoms with Gasteiger partial charge in [0.05, 0.1) is 0 Å². The van der Waals surface area contributed by atoms with Crippen molar-refractivity contribution >= 4 is 17.5 Å². The molecule has 0 bridgehead atoms. The Balaban J connectivity index is 1.78. The summed E-state index contributed by atoms with van der Waals surface area (Å²) in [6, 6.07) is 10.8. The van der Waals surface area contributed by atoms with Crippen LogP contribution in [0.15, 0.2) is 48.8 Å². The summed E-state index contributed by atoms with van der Waals surface area (Å²) in [5, 5.41) is 5.77. The third-order valence-corrected chi connectivity index (χ3v) is 3.98. The van der Waals surface area contributed by atoms with Gasteiger partial charge in [0.2, 0.25) is 5.91 Å². The summed E-state index contributed by atoms with van der Waals surface area (Å²) in [5.74, 6) is -0.143. The predicted molar refractivity (Wildman–Crippen MR) is 103 cm³/mol. The maximum absolute atomic E-state index is 12.2. The minimum atomic E-state index is -0.189. The summed E-state index contributed by atoms with van der Waals surface area (Å²) in [5.41, 5.74) is 7.63. The first-order chi connectivity index (χ1) is 12.7. The second-order valence-electron chi connectivity index (χ2n) is 6.12. The smallest absolute Gasteiger partial charge is 0.255 e. The zero-order valence-corrected chi connectivity index (χ0v) is 14.9. The van der Waals surface area contributed by atoms with E-state index in [4.69, 9.17) is 5.73 Å². The zero-order valence-electron chi connectivity index (χ0n) is 14.9. The number of hydrogen-bond acceptors (Lipinski definition) is 4. The molecule has 1 aromatic carbocycles. The molecule has 0 aliphatic heterocycles. The lowest BCUT2D eigenvalue weighted by atomic mass is 10.1. The van der Waals surface area contributed by atoms with E-state index in [2.05, 4.69) is 15.6 Å². The maximum atomic E-state index is 12.2. The van der Waals surface area contributed by atoms with Crippen LogP contribution in [-0.2, 0) is 11.3 Å². The summed E-state index contributed by atoms with van der Waals surface area (Å²) in [6.45, 7) is 1.15. The second kappa shape index (κ2) is 11.0. The number of aromatic nitrogens is 1. The Labute approximate surface area is 154 Å². The summed E-state index contributed by atoms with van der Waals surface area (Å²) in [7, 11) is 0. The van der Waals surface area contributed by atoms with E-state index >= 15 is 0 Å². The van der Waals surface area contributed by atoms with Crippen LogP contribution in [0, 0.1) is 0 Å². The van der Waals surface area contributed by atoms with Gasteiger partial charge in [-0.15, -0.1) is 0 Å². The average molecular weight is 354 g/mol. The molecule has 2 aromatic rings. The van der Waals surface area contributed by atoms with Crippen molar-refractivity contribution in [1.82, 2.24) is 10.3 Å². The van der Waals surface area contributed by atoms with Crippen LogP contribution in [0.5, 0.6) is 0 Å². The molecular weight excluding hydrogens is 328 g/mol. The third kappa shape index (κ3) is 7.03. The Morgan fingerprint density at radius 1 is 1.00 bits per heavy atom. The van der Waals surface area contributed by atoms with Crippen LogP contribution in [-0.4, -0.2) is 23.3 Å². The first kappa shape index (κ1) is 19.6. The summed E-state index contributed by atoms with van der Waals surface area (Å²) >= 11 is 0. The minimum Gasteiger partial charge on any atom is -0.352 e. The first-order valence-corrected chi connectivity index (χ1v) is 8.96. The Kier molecular flexibility index (Phi) is 8.29. The van der Waals surface area contributed by atoms with E-state index in [0.717, 1.165) is 31.2 Å². The van der Waals surface area contributed by atoms with Crippen LogP contribution in [0.4, 0.5) is 5.69 Å². The van der Waals surface area contributed by atoms with Gasteiger partial charge in [0.25, 0.3) is 5.91 Å². The van der Waals surface area contributed by atoms with Crippen LogP contribution < -0.4 is 16.4 Å². The van der Waals surface area contributed by atoms with Gasteiger partial charge in [-0.05, 0) is 49.2 Å². The molecule has 0 saturated carbocycles. The number of nitrogens with one attached hydrogen (secondary N) is 2. The number of anilines is 1. The van der Waals surface area contributed by atoms with Crippen molar-refractivity contribution in [3.63, 3.8) is 0 Å². The largest absolute Gasteiger partial charge is 0.352 e. The molecule has 6 heteroatoms. The highest BCUT2D eigenvalue weighted by Gasteiger charge is 2.06. The predicted octanol–water partition coefficient (Wildman–Crippen LogP) is 2.86. The summed E-state index contributed by atoms with van der Waals surface area (Å²) in [4.78, 5) is 28.0. The number of unbranched alkanes of at least 4 members (excludes halogenated alkanes) is 3. The molecule has 1 heterocycles. The van der Waals surface area contributed by atoms with Crippen molar-refractivity contribution in [2.24, 2.45) is 5.73 Å². The molecule has 6 nitrogen and oxygen atoms in total. The quantitative estimate of drug-likeness (QED) is 0.572. The van der Waals surface area contributed by atoms with Crippen molar-refractivity contribution in [3.8, 4) is 0 Å². The molecule has 0 radical (unpaired) electrons. The number of benzene rings is 1. The van der Waals surface area contributed by atoms with Crippen molar-refractivity contribution in [3.05, 3.63) is 59.9 Å². The molecule has 0 spiro atoms. The molecule has 0 saturated heterocycles. The first-order valence-electron chi connectivity index (χ1n) is 8.96. The number of carbonyl (C=O) groups excluding carboxylic acids is 2. The van der Waals surface area contributed by atoms with Crippen molar-refractivity contribution < 1.29 is 9.59 Å². The monoisotopic (exact) mass is 354 g/mol. The zero-order chi connectivity index (χ0) is 18.6.